The van der Waals surface area contributed by atoms with E-state index in [4.69, 9.17) is 0 Å². The van der Waals surface area contributed by atoms with Crippen LogP contribution in [0, 0.1) is 5.82 Å². The molecule has 30 heavy (non-hydrogen) atoms. The molecular weight excluding hydrogens is 383 g/mol. The summed E-state index contributed by atoms with van der Waals surface area (Å²) >= 11 is 0. The van der Waals surface area contributed by atoms with Gasteiger partial charge in [0.05, 0.1) is 0 Å². The third-order valence-electron chi connectivity index (χ3n) is 5.35. The maximum absolute atomic E-state index is 13.1. The third kappa shape index (κ3) is 6.03. The second-order valence-electron chi connectivity index (χ2n) is 7.38. The fourth-order valence-corrected chi connectivity index (χ4v) is 3.60. The maximum atomic E-state index is 13.1. The quantitative estimate of drug-likeness (QED) is 0.542. The number of piperazine rings is 1. The Bertz CT molecular complexity index is 849. The Morgan fingerprint density at radius 3 is 2.37 bits per heavy atom. The number of hydrogen-bond acceptors (Lipinski definition) is 4. The van der Waals surface area contributed by atoms with Crippen molar-refractivity contribution < 1.29 is 14.0 Å². The lowest BCUT2D eigenvalue weighted by Gasteiger charge is -2.36. The Morgan fingerprint density at radius 1 is 0.967 bits per heavy atom. The molecule has 3 rings (SSSR count). The number of halogens is 1. The van der Waals surface area contributed by atoms with Crippen LogP contribution >= 0.6 is 0 Å². The van der Waals surface area contributed by atoms with E-state index in [-0.39, 0.29) is 5.82 Å². The van der Waals surface area contributed by atoms with Crippen molar-refractivity contribution in [3.8, 4) is 0 Å². The zero-order valence-corrected chi connectivity index (χ0v) is 17.4. The van der Waals surface area contributed by atoms with Gasteiger partial charge in [0.15, 0.2) is 0 Å². The summed E-state index contributed by atoms with van der Waals surface area (Å²) in [6.07, 6.45) is 1.56. The third-order valence-corrected chi connectivity index (χ3v) is 5.35. The van der Waals surface area contributed by atoms with E-state index in [0.717, 1.165) is 56.8 Å². The molecule has 1 fully saturated rings. The molecule has 0 atom stereocenters. The minimum Gasteiger partial charge on any atom is -0.369 e. The molecule has 1 aliphatic heterocycles. The number of nitrogens with zero attached hydrogens (tertiary/aromatic N) is 2. The SMILES string of the molecule is CCc1ccccc1NC(=O)C(=O)NCCCN1CCN(c2ccc(F)cc2)CC1. The first-order chi connectivity index (χ1) is 14.6. The van der Waals surface area contributed by atoms with Crippen molar-refractivity contribution in [3.63, 3.8) is 0 Å². The highest BCUT2D eigenvalue weighted by Gasteiger charge is 2.18. The van der Waals surface area contributed by atoms with Crippen LogP contribution in [0.15, 0.2) is 48.5 Å². The molecule has 1 saturated heterocycles. The van der Waals surface area contributed by atoms with Crippen LogP contribution in [-0.4, -0.2) is 56.0 Å². The van der Waals surface area contributed by atoms with E-state index in [0.29, 0.717) is 12.2 Å². The largest absolute Gasteiger partial charge is 0.369 e. The fraction of sp³-hybridized carbons (Fsp3) is 0.391. The number of carbonyl (C=O) groups excluding carboxylic acids is 2. The van der Waals surface area contributed by atoms with Crippen LogP contribution in [0.5, 0.6) is 0 Å². The zero-order valence-electron chi connectivity index (χ0n) is 17.4. The van der Waals surface area contributed by atoms with Gasteiger partial charge in [-0.05, 0) is 55.3 Å². The summed E-state index contributed by atoms with van der Waals surface area (Å²) in [6, 6.07) is 14.1. The minimum atomic E-state index is -0.635. The molecule has 0 saturated carbocycles. The number of para-hydroxylation sites is 1. The van der Waals surface area contributed by atoms with Gasteiger partial charge < -0.3 is 15.5 Å². The first-order valence-electron chi connectivity index (χ1n) is 10.5. The minimum absolute atomic E-state index is 0.220. The van der Waals surface area contributed by atoms with E-state index in [9.17, 15) is 14.0 Å². The number of benzene rings is 2. The van der Waals surface area contributed by atoms with Crippen molar-refractivity contribution in [1.82, 2.24) is 10.2 Å². The normalized spacial score (nSPS) is 14.4. The van der Waals surface area contributed by atoms with Crippen LogP contribution < -0.4 is 15.5 Å². The molecule has 0 bridgehead atoms. The molecule has 2 N–H and O–H groups in total. The standard InChI is InChI=1S/C23H29FN4O2/c1-2-18-6-3-4-7-21(18)26-23(30)22(29)25-12-5-13-27-14-16-28(17-15-27)20-10-8-19(24)9-11-20/h3-4,6-11H,2,5,12-17H2,1H3,(H,25,29)(H,26,30). The molecule has 0 unspecified atom stereocenters. The highest BCUT2D eigenvalue weighted by atomic mass is 19.1. The van der Waals surface area contributed by atoms with E-state index < -0.39 is 11.8 Å². The lowest BCUT2D eigenvalue weighted by Crippen LogP contribution is -2.47. The molecule has 1 aliphatic rings. The van der Waals surface area contributed by atoms with Crippen molar-refractivity contribution in [2.45, 2.75) is 19.8 Å². The Kier molecular flexibility index (Phi) is 7.79. The number of hydrogen-bond donors (Lipinski definition) is 2. The molecule has 0 radical (unpaired) electrons. The van der Waals surface area contributed by atoms with Crippen molar-refractivity contribution in [2.75, 3.05) is 49.5 Å². The Hall–Kier alpha value is -2.93. The topological polar surface area (TPSA) is 64.7 Å². The molecule has 0 aliphatic carbocycles. The van der Waals surface area contributed by atoms with E-state index in [1.54, 1.807) is 6.07 Å². The molecule has 160 valence electrons. The monoisotopic (exact) mass is 412 g/mol. The summed E-state index contributed by atoms with van der Waals surface area (Å²) in [7, 11) is 0. The average molecular weight is 413 g/mol. The highest BCUT2D eigenvalue weighted by Crippen LogP contribution is 2.17. The summed E-state index contributed by atoms with van der Waals surface area (Å²) in [6.45, 7) is 6.93. The molecule has 7 heteroatoms. The molecule has 2 aromatic rings. The van der Waals surface area contributed by atoms with Crippen molar-refractivity contribution in [3.05, 3.63) is 59.9 Å². The molecule has 6 nitrogen and oxygen atoms in total. The smallest absolute Gasteiger partial charge is 0.313 e. The summed E-state index contributed by atoms with van der Waals surface area (Å²) in [5, 5.41) is 5.38. The Labute approximate surface area is 177 Å². The maximum Gasteiger partial charge on any atom is 0.313 e. The number of amides is 2. The summed E-state index contributed by atoms with van der Waals surface area (Å²) in [5.41, 5.74) is 2.72. The lowest BCUT2D eigenvalue weighted by atomic mass is 10.1. The number of anilines is 2. The molecular formula is C23H29FN4O2. The van der Waals surface area contributed by atoms with Crippen LogP contribution in [0.2, 0.25) is 0 Å². The van der Waals surface area contributed by atoms with E-state index in [2.05, 4.69) is 20.4 Å². The molecule has 1 heterocycles. The van der Waals surface area contributed by atoms with Crippen LogP contribution in [0.25, 0.3) is 0 Å². The van der Waals surface area contributed by atoms with Gasteiger partial charge in [-0.3, -0.25) is 14.5 Å². The van der Waals surface area contributed by atoms with Crippen molar-refractivity contribution >= 4 is 23.2 Å². The van der Waals surface area contributed by atoms with E-state index in [1.165, 1.54) is 12.1 Å². The zero-order chi connectivity index (χ0) is 21.3. The second kappa shape index (κ2) is 10.7. The van der Waals surface area contributed by atoms with Gasteiger partial charge in [-0.1, -0.05) is 25.1 Å². The molecule has 2 amide bonds. The van der Waals surface area contributed by atoms with Crippen LogP contribution in [-0.2, 0) is 16.0 Å². The van der Waals surface area contributed by atoms with Gasteiger partial charge in [0, 0.05) is 44.1 Å². The van der Waals surface area contributed by atoms with Crippen LogP contribution in [0.4, 0.5) is 15.8 Å². The first-order valence-corrected chi connectivity index (χ1v) is 10.5. The van der Waals surface area contributed by atoms with Gasteiger partial charge >= 0.3 is 11.8 Å². The van der Waals surface area contributed by atoms with Gasteiger partial charge in [-0.25, -0.2) is 4.39 Å². The predicted molar refractivity (Wildman–Crippen MR) is 117 cm³/mol. The lowest BCUT2D eigenvalue weighted by molar-refractivity contribution is -0.136. The summed E-state index contributed by atoms with van der Waals surface area (Å²) in [5.74, 6) is -1.46. The van der Waals surface area contributed by atoms with Crippen LogP contribution in [0.3, 0.4) is 0 Å². The number of aryl methyl sites for hydroxylation is 1. The van der Waals surface area contributed by atoms with Gasteiger partial charge in [0.2, 0.25) is 0 Å². The predicted octanol–water partition coefficient (Wildman–Crippen LogP) is 2.66. The van der Waals surface area contributed by atoms with E-state index >= 15 is 0 Å². The van der Waals surface area contributed by atoms with Crippen molar-refractivity contribution in [1.29, 1.82) is 0 Å². The van der Waals surface area contributed by atoms with Gasteiger partial charge in [0.25, 0.3) is 0 Å². The Balaban J connectivity index is 1.33. The average Bonchev–Trinajstić information content (AvgIpc) is 2.78. The van der Waals surface area contributed by atoms with Gasteiger partial charge in [0.1, 0.15) is 5.82 Å². The fourth-order valence-electron chi connectivity index (χ4n) is 3.60. The number of nitrogens with one attached hydrogen (secondary N) is 2. The number of carbonyl (C=O) groups is 2. The molecule has 0 spiro atoms. The van der Waals surface area contributed by atoms with Crippen molar-refractivity contribution in [2.24, 2.45) is 0 Å². The molecule has 2 aromatic carbocycles. The Morgan fingerprint density at radius 2 is 1.67 bits per heavy atom. The van der Waals surface area contributed by atoms with Crippen LogP contribution in [0.1, 0.15) is 18.9 Å². The second-order valence-corrected chi connectivity index (χ2v) is 7.38. The summed E-state index contributed by atoms with van der Waals surface area (Å²) in [4.78, 5) is 28.7. The van der Waals surface area contributed by atoms with Gasteiger partial charge in [-0.2, -0.15) is 0 Å². The highest BCUT2D eigenvalue weighted by molar-refractivity contribution is 6.39. The first kappa shape index (κ1) is 21.8. The summed E-state index contributed by atoms with van der Waals surface area (Å²) < 4.78 is 13.1. The van der Waals surface area contributed by atoms with E-state index in [1.807, 2.05) is 37.3 Å². The number of rotatable bonds is 7. The molecule has 0 aromatic heterocycles. The van der Waals surface area contributed by atoms with Gasteiger partial charge in [-0.15, -0.1) is 0 Å².